The lowest BCUT2D eigenvalue weighted by atomic mass is 10.1. The van der Waals surface area contributed by atoms with Crippen molar-refractivity contribution < 1.29 is 13.5 Å². The molecule has 1 aliphatic heterocycles. The molecule has 0 bridgehead atoms. The number of benzene rings is 2. The van der Waals surface area contributed by atoms with Gasteiger partial charge in [-0.25, -0.2) is 4.98 Å². The molecule has 1 atom stereocenters. The summed E-state index contributed by atoms with van der Waals surface area (Å²) in [6, 6.07) is 17.8. The van der Waals surface area contributed by atoms with Crippen molar-refractivity contribution in [2.75, 3.05) is 30.4 Å². The zero-order valence-corrected chi connectivity index (χ0v) is 18.0. The molecular formula is C22H25N5O3S. The average Bonchev–Trinajstić information content (AvgIpc) is 2.81. The number of hydrogen-bond acceptors (Lipinski definition) is 7. The lowest BCUT2D eigenvalue weighted by Crippen LogP contribution is -2.47. The molecule has 1 aliphatic rings. The minimum Gasteiger partial charge on any atom is -0.593 e. The maximum absolute atomic E-state index is 12.5. The Hall–Kier alpha value is -3.01. The molecule has 2 N–H and O–H groups in total. The van der Waals surface area contributed by atoms with Crippen LogP contribution < -0.4 is 19.7 Å². The lowest BCUT2D eigenvalue weighted by molar-refractivity contribution is 0.415. The maximum Gasteiger partial charge on any atom is 0.227 e. The molecule has 162 valence electrons. The SMILES string of the molecule is COc1ccc(Nc2ccnc(N3CCC(N[S+](=O)([O-])c4ccccc4)CC3)n2)cc1. The van der Waals surface area contributed by atoms with Crippen molar-refractivity contribution >= 4 is 27.9 Å². The molecule has 1 unspecified atom stereocenters. The number of aromatic nitrogens is 2. The van der Waals surface area contributed by atoms with Gasteiger partial charge in [0, 0.05) is 25.0 Å². The molecule has 4 rings (SSSR count). The third-order valence-electron chi connectivity index (χ3n) is 5.16. The fourth-order valence-electron chi connectivity index (χ4n) is 3.48. The van der Waals surface area contributed by atoms with E-state index in [0.717, 1.165) is 11.4 Å². The number of rotatable bonds is 7. The Morgan fingerprint density at radius 2 is 1.77 bits per heavy atom. The summed E-state index contributed by atoms with van der Waals surface area (Å²) in [5.41, 5.74) is 0.902. The highest BCUT2D eigenvalue weighted by atomic mass is 32.3. The molecule has 2 heterocycles. The molecule has 31 heavy (non-hydrogen) atoms. The van der Waals surface area contributed by atoms with E-state index in [-0.39, 0.29) is 10.9 Å². The van der Waals surface area contributed by atoms with E-state index in [4.69, 9.17) is 4.74 Å². The van der Waals surface area contributed by atoms with Crippen molar-refractivity contribution in [2.24, 2.45) is 0 Å². The zero-order chi connectivity index (χ0) is 21.7. The average molecular weight is 440 g/mol. The van der Waals surface area contributed by atoms with Gasteiger partial charge in [0.15, 0.2) is 15.3 Å². The Kier molecular flexibility index (Phi) is 6.45. The second-order valence-corrected chi connectivity index (χ2v) is 9.01. The van der Waals surface area contributed by atoms with E-state index >= 15 is 0 Å². The Labute approximate surface area is 183 Å². The van der Waals surface area contributed by atoms with Gasteiger partial charge < -0.3 is 19.5 Å². The zero-order valence-electron chi connectivity index (χ0n) is 17.2. The quantitative estimate of drug-likeness (QED) is 0.544. The van der Waals surface area contributed by atoms with Gasteiger partial charge >= 0.3 is 0 Å². The summed E-state index contributed by atoms with van der Waals surface area (Å²) >= 11 is 0. The smallest absolute Gasteiger partial charge is 0.227 e. The largest absolute Gasteiger partial charge is 0.593 e. The molecule has 0 amide bonds. The highest BCUT2D eigenvalue weighted by Gasteiger charge is 2.28. The van der Waals surface area contributed by atoms with E-state index < -0.39 is 10.4 Å². The molecule has 0 aliphatic carbocycles. The number of anilines is 3. The first-order chi connectivity index (χ1) is 15.0. The number of nitrogens with zero attached hydrogens (tertiary/aromatic N) is 3. The standard InChI is InChI=1S/C22H25N5O3S/c1-30-19-9-7-17(8-10-19)24-21-11-14-23-22(25-21)27-15-12-18(13-16-27)26-31(28,29)20-5-3-2-4-6-20/h2-11,14,18H,12-13,15-16H2,1H3,(H2-,23,24,25,26,28,29). The first-order valence-corrected chi connectivity index (χ1v) is 11.6. The van der Waals surface area contributed by atoms with E-state index in [1.165, 1.54) is 0 Å². The third kappa shape index (κ3) is 5.38. The number of ether oxygens (including phenoxy) is 1. The van der Waals surface area contributed by atoms with Crippen LogP contribution in [0.2, 0.25) is 0 Å². The Morgan fingerprint density at radius 1 is 1.06 bits per heavy atom. The number of hydrogen-bond donors (Lipinski definition) is 2. The number of sulfonamides is 1. The number of nitrogens with one attached hydrogen (secondary N) is 2. The molecule has 2 aromatic carbocycles. The van der Waals surface area contributed by atoms with Gasteiger partial charge in [0.2, 0.25) is 5.95 Å². The van der Waals surface area contributed by atoms with Crippen LogP contribution in [-0.2, 0) is 14.6 Å². The second kappa shape index (κ2) is 9.42. The van der Waals surface area contributed by atoms with Crippen molar-refractivity contribution in [3.05, 3.63) is 66.9 Å². The van der Waals surface area contributed by atoms with Crippen molar-refractivity contribution in [2.45, 2.75) is 23.8 Å². The van der Waals surface area contributed by atoms with Crippen LogP contribution in [0, 0.1) is 0 Å². The summed E-state index contributed by atoms with van der Waals surface area (Å²) in [4.78, 5) is 11.4. The minimum atomic E-state index is -3.51. The van der Waals surface area contributed by atoms with Crippen LogP contribution in [0.5, 0.6) is 5.75 Å². The topological polar surface area (TPSA) is 102 Å². The third-order valence-corrected chi connectivity index (χ3v) is 6.69. The summed E-state index contributed by atoms with van der Waals surface area (Å²) in [6.45, 7) is 1.35. The van der Waals surface area contributed by atoms with Gasteiger partial charge in [-0.3, -0.25) is 0 Å². The first-order valence-electron chi connectivity index (χ1n) is 10.1. The fraction of sp³-hybridized carbons (Fsp3) is 0.273. The first kappa shape index (κ1) is 21.2. The van der Waals surface area contributed by atoms with Crippen LogP contribution in [0.4, 0.5) is 17.5 Å². The lowest BCUT2D eigenvalue weighted by Gasteiger charge is -2.32. The normalized spacial score (nSPS) is 16.5. The fourth-order valence-corrected chi connectivity index (χ4v) is 4.80. The van der Waals surface area contributed by atoms with Crippen LogP contribution in [0.15, 0.2) is 71.8 Å². The molecule has 0 radical (unpaired) electrons. The second-order valence-electron chi connectivity index (χ2n) is 7.29. The van der Waals surface area contributed by atoms with Crippen molar-refractivity contribution in [1.82, 2.24) is 14.7 Å². The van der Waals surface area contributed by atoms with E-state index in [2.05, 4.69) is 24.9 Å². The highest BCUT2D eigenvalue weighted by Crippen LogP contribution is 2.23. The van der Waals surface area contributed by atoms with E-state index in [1.807, 2.05) is 30.3 Å². The van der Waals surface area contributed by atoms with Gasteiger partial charge in [0.25, 0.3) is 0 Å². The van der Waals surface area contributed by atoms with E-state index in [1.54, 1.807) is 43.6 Å². The maximum atomic E-state index is 12.5. The van der Waals surface area contributed by atoms with Crippen LogP contribution in [0.1, 0.15) is 12.8 Å². The van der Waals surface area contributed by atoms with Crippen molar-refractivity contribution in [3.63, 3.8) is 0 Å². The van der Waals surface area contributed by atoms with Crippen LogP contribution >= 0.6 is 0 Å². The van der Waals surface area contributed by atoms with Crippen LogP contribution in [-0.4, -0.2) is 40.8 Å². The summed E-state index contributed by atoms with van der Waals surface area (Å²) in [6.07, 6.45) is 3.09. The molecule has 1 fully saturated rings. The predicted molar refractivity (Wildman–Crippen MR) is 120 cm³/mol. The van der Waals surface area contributed by atoms with Crippen molar-refractivity contribution in [3.8, 4) is 5.75 Å². The Bertz CT molecular complexity index is 1040. The molecule has 3 aromatic rings. The van der Waals surface area contributed by atoms with Gasteiger partial charge in [-0.1, -0.05) is 22.4 Å². The Balaban J connectivity index is 1.35. The monoisotopic (exact) mass is 439 g/mol. The predicted octanol–water partition coefficient (Wildman–Crippen LogP) is 3.39. The van der Waals surface area contributed by atoms with Gasteiger partial charge in [0.05, 0.1) is 13.2 Å². The molecule has 0 spiro atoms. The van der Waals surface area contributed by atoms with E-state index in [0.29, 0.717) is 37.7 Å². The van der Waals surface area contributed by atoms with Crippen LogP contribution in [0.25, 0.3) is 0 Å². The molecular weight excluding hydrogens is 414 g/mol. The van der Waals surface area contributed by atoms with Gasteiger partial charge in [-0.05, 0) is 55.3 Å². The molecule has 0 saturated carbocycles. The van der Waals surface area contributed by atoms with Crippen LogP contribution in [0.3, 0.4) is 0 Å². The molecule has 9 heteroatoms. The highest BCUT2D eigenvalue weighted by molar-refractivity contribution is 7.95. The van der Waals surface area contributed by atoms with E-state index in [9.17, 15) is 8.76 Å². The molecule has 1 aromatic heterocycles. The summed E-state index contributed by atoms with van der Waals surface area (Å²) in [7, 11) is -1.87. The molecule has 8 nitrogen and oxygen atoms in total. The van der Waals surface area contributed by atoms with Gasteiger partial charge in [-0.2, -0.15) is 4.98 Å². The summed E-state index contributed by atoms with van der Waals surface area (Å²) < 4.78 is 33.1. The van der Waals surface area contributed by atoms with Gasteiger partial charge in [-0.15, -0.1) is 4.72 Å². The van der Waals surface area contributed by atoms with Gasteiger partial charge in [0.1, 0.15) is 11.6 Å². The summed E-state index contributed by atoms with van der Waals surface area (Å²) in [5, 5.41) is 3.27. The Morgan fingerprint density at radius 3 is 2.45 bits per heavy atom. The molecule has 1 saturated heterocycles. The number of methoxy groups -OCH3 is 1. The van der Waals surface area contributed by atoms with Crippen molar-refractivity contribution in [1.29, 1.82) is 0 Å². The number of piperidine rings is 1. The minimum absolute atomic E-state index is 0.109. The summed E-state index contributed by atoms with van der Waals surface area (Å²) in [5.74, 6) is 2.12.